The van der Waals surface area contributed by atoms with Crippen LogP contribution in [0.2, 0.25) is 0 Å². The zero-order valence-electron chi connectivity index (χ0n) is 14.6. The van der Waals surface area contributed by atoms with Gasteiger partial charge in [0.25, 0.3) is 0 Å². The van der Waals surface area contributed by atoms with Crippen molar-refractivity contribution in [3.63, 3.8) is 0 Å². The molecule has 0 spiro atoms. The van der Waals surface area contributed by atoms with Crippen LogP contribution >= 0.6 is 0 Å². The number of nitrogens with zero attached hydrogens (tertiary/aromatic N) is 1. The molecule has 0 atom stereocenters. The smallest absolute Gasteiger partial charge is 0.123 e. The highest BCUT2D eigenvalue weighted by molar-refractivity contribution is 5.65. The number of ether oxygens (including phenoxy) is 1. The first-order chi connectivity index (χ1) is 11.2. The van der Waals surface area contributed by atoms with E-state index >= 15 is 0 Å². The summed E-state index contributed by atoms with van der Waals surface area (Å²) in [7, 11) is 0. The molecule has 0 amide bonds. The highest BCUT2D eigenvalue weighted by Crippen LogP contribution is 2.36. The predicted octanol–water partition coefficient (Wildman–Crippen LogP) is 5.05. The minimum Gasteiger partial charge on any atom is -0.489 e. The summed E-state index contributed by atoms with van der Waals surface area (Å²) < 4.78 is 6.17. The minimum atomic E-state index is 0.635. The molecule has 0 aromatic heterocycles. The highest BCUT2D eigenvalue weighted by atomic mass is 16.5. The summed E-state index contributed by atoms with van der Waals surface area (Å²) in [6, 6.07) is 12.6. The second-order valence-corrected chi connectivity index (χ2v) is 6.47. The average Bonchev–Trinajstić information content (AvgIpc) is 3.08. The van der Waals surface area contributed by atoms with Gasteiger partial charge in [0.05, 0.1) is 0 Å². The topological polar surface area (TPSA) is 12.5 Å². The number of rotatable bonds is 5. The molecule has 2 aromatic rings. The summed E-state index contributed by atoms with van der Waals surface area (Å²) in [5.74, 6) is 1.05. The van der Waals surface area contributed by atoms with Crippen molar-refractivity contribution < 1.29 is 4.74 Å². The molecule has 0 unspecified atom stereocenters. The van der Waals surface area contributed by atoms with E-state index in [1.54, 1.807) is 0 Å². The maximum Gasteiger partial charge on any atom is 0.123 e. The Morgan fingerprint density at radius 3 is 2.39 bits per heavy atom. The Bertz CT molecular complexity index is 657. The molecule has 3 rings (SSSR count). The zero-order chi connectivity index (χ0) is 16.2. The van der Waals surface area contributed by atoms with E-state index in [9.17, 15) is 0 Å². The van der Waals surface area contributed by atoms with Crippen LogP contribution < -0.4 is 9.64 Å². The lowest BCUT2D eigenvalue weighted by Gasteiger charge is -2.26. The molecule has 2 nitrogen and oxygen atoms in total. The third-order valence-corrected chi connectivity index (χ3v) is 4.84. The van der Waals surface area contributed by atoms with Crippen LogP contribution in [0.25, 0.3) is 0 Å². The molecular weight excluding hydrogens is 282 g/mol. The van der Waals surface area contributed by atoms with Gasteiger partial charge in [0.15, 0.2) is 0 Å². The van der Waals surface area contributed by atoms with Crippen LogP contribution in [0.5, 0.6) is 5.75 Å². The molecular formula is C21H27NO. The Hall–Kier alpha value is -1.96. The molecule has 2 heteroatoms. The van der Waals surface area contributed by atoms with Gasteiger partial charge in [-0.2, -0.15) is 0 Å². The number of anilines is 1. The van der Waals surface area contributed by atoms with Gasteiger partial charge < -0.3 is 9.64 Å². The van der Waals surface area contributed by atoms with Crippen LogP contribution in [0.4, 0.5) is 5.69 Å². The largest absolute Gasteiger partial charge is 0.489 e. The fraction of sp³-hybridized carbons (Fsp3) is 0.429. The van der Waals surface area contributed by atoms with Crippen LogP contribution in [0.3, 0.4) is 0 Å². The van der Waals surface area contributed by atoms with Crippen LogP contribution in [-0.2, 0) is 13.0 Å². The molecule has 1 aliphatic rings. The number of hydrogen-bond acceptors (Lipinski definition) is 2. The molecule has 0 aliphatic carbocycles. The van der Waals surface area contributed by atoms with Gasteiger partial charge >= 0.3 is 0 Å². The maximum atomic E-state index is 6.17. The van der Waals surface area contributed by atoms with E-state index in [0.717, 1.165) is 12.2 Å². The lowest BCUT2D eigenvalue weighted by Crippen LogP contribution is -2.20. The van der Waals surface area contributed by atoms with Crippen LogP contribution in [0, 0.1) is 13.8 Å². The van der Waals surface area contributed by atoms with E-state index in [1.807, 2.05) is 6.07 Å². The van der Waals surface area contributed by atoms with Crippen LogP contribution in [-0.4, -0.2) is 13.1 Å². The zero-order valence-corrected chi connectivity index (χ0v) is 14.6. The SMILES string of the molecule is CCc1c(OCc2ccccc2)cc(C)c(N2CCCC2)c1C. The molecule has 1 fully saturated rings. The van der Waals surface area contributed by atoms with Gasteiger partial charge in [0, 0.05) is 18.8 Å². The van der Waals surface area contributed by atoms with Crippen molar-refractivity contribution in [3.05, 3.63) is 58.7 Å². The minimum absolute atomic E-state index is 0.635. The van der Waals surface area contributed by atoms with E-state index < -0.39 is 0 Å². The van der Waals surface area contributed by atoms with Gasteiger partial charge in [0.2, 0.25) is 0 Å². The van der Waals surface area contributed by atoms with Gasteiger partial charge in [-0.1, -0.05) is 37.3 Å². The third-order valence-electron chi connectivity index (χ3n) is 4.84. The fourth-order valence-electron chi connectivity index (χ4n) is 3.71. The van der Waals surface area contributed by atoms with Gasteiger partial charge in [-0.15, -0.1) is 0 Å². The van der Waals surface area contributed by atoms with Crippen LogP contribution in [0.1, 0.15) is 42.0 Å². The van der Waals surface area contributed by atoms with Gasteiger partial charge in [-0.3, -0.25) is 0 Å². The first-order valence-corrected chi connectivity index (χ1v) is 8.75. The summed E-state index contributed by atoms with van der Waals surface area (Å²) in [4.78, 5) is 2.55. The second-order valence-electron chi connectivity index (χ2n) is 6.47. The molecule has 23 heavy (non-hydrogen) atoms. The molecule has 1 heterocycles. The first-order valence-electron chi connectivity index (χ1n) is 8.75. The Balaban J connectivity index is 1.88. The summed E-state index contributed by atoms with van der Waals surface area (Å²) >= 11 is 0. The van der Waals surface area contributed by atoms with Crippen molar-refractivity contribution in [3.8, 4) is 5.75 Å². The molecule has 122 valence electrons. The van der Waals surface area contributed by atoms with Crippen molar-refractivity contribution in [2.24, 2.45) is 0 Å². The van der Waals surface area contributed by atoms with Crippen molar-refractivity contribution >= 4 is 5.69 Å². The number of hydrogen-bond donors (Lipinski definition) is 0. The third kappa shape index (κ3) is 3.36. The van der Waals surface area contributed by atoms with Crippen molar-refractivity contribution in [2.45, 2.75) is 46.6 Å². The maximum absolute atomic E-state index is 6.17. The molecule has 0 radical (unpaired) electrons. The standard InChI is InChI=1S/C21H27NO/c1-4-19-17(3)21(22-12-8-9-13-22)16(2)14-20(19)23-15-18-10-6-5-7-11-18/h5-7,10-11,14H,4,8-9,12-13,15H2,1-3H3. The number of benzene rings is 2. The molecule has 1 saturated heterocycles. The Labute approximate surface area is 140 Å². The van der Waals surface area contributed by atoms with Gasteiger partial charge in [-0.05, 0) is 61.4 Å². The second kappa shape index (κ2) is 7.08. The van der Waals surface area contributed by atoms with E-state index in [2.05, 4.69) is 56.0 Å². The summed E-state index contributed by atoms with van der Waals surface area (Å²) in [5.41, 5.74) is 6.75. The molecule has 0 bridgehead atoms. The fourth-order valence-corrected chi connectivity index (χ4v) is 3.71. The quantitative estimate of drug-likeness (QED) is 0.766. The Morgan fingerprint density at radius 1 is 1.04 bits per heavy atom. The summed E-state index contributed by atoms with van der Waals surface area (Å²) in [5, 5.41) is 0. The van der Waals surface area contributed by atoms with Crippen molar-refractivity contribution in [1.82, 2.24) is 0 Å². The molecule has 0 N–H and O–H groups in total. The molecule has 0 saturated carbocycles. The monoisotopic (exact) mass is 309 g/mol. The summed E-state index contributed by atoms with van der Waals surface area (Å²) in [6.07, 6.45) is 3.64. The first kappa shape index (κ1) is 15.9. The lowest BCUT2D eigenvalue weighted by atomic mass is 9.98. The highest BCUT2D eigenvalue weighted by Gasteiger charge is 2.20. The van der Waals surface area contributed by atoms with Crippen molar-refractivity contribution in [2.75, 3.05) is 18.0 Å². The van der Waals surface area contributed by atoms with Crippen molar-refractivity contribution in [1.29, 1.82) is 0 Å². The average molecular weight is 309 g/mol. The Kier molecular flexibility index (Phi) is 4.90. The Morgan fingerprint density at radius 2 is 1.74 bits per heavy atom. The number of aryl methyl sites for hydroxylation is 1. The van der Waals surface area contributed by atoms with E-state index in [-0.39, 0.29) is 0 Å². The summed E-state index contributed by atoms with van der Waals surface area (Å²) in [6.45, 7) is 9.71. The van der Waals surface area contributed by atoms with E-state index in [4.69, 9.17) is 4.74 Å². The van der Waals surface area contributed by atoms with Gasteiger partial charge in [0.1, 0.15) is 12.4 Å². The molecule has 2 aromatic carbocycles. The predicted molar refractivity (Wildman–Crippen MR) is 97.5 cm³/mol. The lowest BCUT2D eigenvalue weighted by molar-refractivity contribution is 0.302. The van der Waals surface area contributed by atoms with Crippen LogP contribution in [0.15, 0.2) is 36.4 Å². The normalized spacial score (nSPS) is 14.3. The van der Waals surface area contributed by atoms with E-state index in [1.165, 1.54) is 53.9 Å². The molecule has 1 aliphatic heterocycles. The van der Waals surface area contributed by atoms with Gasteiger partial charge in [-0.25, -0.2) is 0 Å². The van der Waals surface area contributed by atoms with E-state index in [0.29, 0.717) is 6.61 Å².